The van der Waals surface area contributed by atoms with E-state index in [4.69, 9.17) is 9.47 Å². The Morgan fingerprint density at radius 2 is 1.77 bits per heavy atom. The summed E-state index contributed by atoms with van der Waals surface area (Å²) in [7, 11) is 0. The van der Waals surface area contributed by atoms with Crippen LogP contribution in [0, 0.1) is 0 Å². The van der Waals surface area contributed by atoms with Crippen molar-refractivity contribution in [1.29, 1.82) is 0 Å². The van der Waals surface area contributed by atoms with Crippen LogP contribution in [0.15, 0.2) is 54.6 Å². The number of hydrogen-bond acceptors (Lipinski definition) is 5. The summed E-state index contributed by atoms with van der Waals surface area (Å²) >= 11 is 0. The second-order valence-electron chi connectivity index (χ2n) is 6.04. The Morgan fingerprint density at radius 3 is 2.38 bits per heavy atom. The smallest absolute Gasteiger partial charge is 0.345 e. The molecule has 1 atom stereocenters. The molecule has 0 spiro atoms. The minimum atomic E-state index is -1.01. The molecule has 0 heterocycles. The fourth-order valence-corrected chi connectivity index (χ4v) is 2.36. The number of rotatable bonds is 8. The normalized spacial score (nSPS) is 14.2. The lowest BCUT2D eigenvalue weighted by atomic mass is 10.1. The van der Waals surface area contributed by atoms with Crippen molar-refractivity contribution in [3.63, 3.8) is 0 Å². The van der Waals surface area contributed by atoms with Gasteiger partial charge in [-0.3, -0.25) is 9.59 Å². The van der Waals surface area contributed by atoms with Gasteiger partial charge in [-0.25, -0.2) is 4.79 Å². The second-order valence-corrected chi connectivity index (χ2v) is 6.04. The third kappa shape index (κ3) is 4.92. The van der Waals surface area contributed by atoms with Crippen molar-refractivity contribution in [2.24, 2.45) is 0 Å². The predicted octanol–water partition coefficient (Wildman–Crippen LogP) is 2.44. The summed E-state index contributed by atoms with van der Waals surface area (Å²) in [5.41, 5.74) is 1.12. The number of hydrogen-bond donors (Lipinski definition) is 1. The highest BCUT2D eigenvalue weighted by Crippen LogP contribution is 2.23. The molecule has 2 aromatic carbocycles. The molecule has 0 bridgehead atoms. The SMILES string of the molecule is O=Cc1ccc(OCC(=O)O[C@@H](C(=O)NC2CC2)c2ccccc2)cc1. The van der Waals surface area contributed by atoms with E-state index < -0.39 is 12.1 Å². The fraction of sp³-hybridized carbons (Fsp3) is 0.250. The van der Waals surface area contributed by atoms with Crippen molar-refractivity contribution in [2.75, 3.05) is 6.61 Å². The minimum Gasteiger partial charge on any atom is -0.482 e. The van der Waals surface area contributed by atoms with Crippen molar-refractivity contribution in [1.82, 2.24) is 5.32 Å². The number of aldehydes is 1. The monoisotopic (exact) mass is 353 g/mol. The highest BCUT2D eigenvalue weighted by Gasteiger charge is 2.30. The Bertz CT molecular complexity index is 769. The first-order valence-corrected chi connectivity index (χ1v) is 8.38. The van der Waals surface area contributed by atoms with E-state index in [1.807, 2.05) is 6.07 Å². The Labute approximate surface area is 151 Å². The van der Waals surface area contributed by atoms with E-state index in [-0.39, 0.29) is 18.6 Å². The van der Waals surface area contributed by atoms with Crippen LogP contribution in [0.3, 0.4) is 0 Å². The van der Waals surface area contributed by atoms with E-state index in [9.17, 15) is 14.4 Å². The van der Waals surface area contributed by atoms with Gasteiger partial charge in [0.2, 0.25) is 6.10 Å². The van der Waals surface area contributed by atoms with Gasteiger partial charge >= 0.3 is 5.97 Å². The summed E-state index contributed by atoms with van der Waals surface area (Å²) < 4.78 is 10.7. The van der Waals surface area contributed by atoms with E-state index in [1.54, 1.807) is 48.5 Å². The molecule has 1 aliphatic rings. The maximum atomic E-state index is 12.4. The first kappa shape index (κ1) is 17.7. The van der Waals surface area contributed by atoms with Crippen LogP contribution < -0.4 is 10.1 Å². The van der Waals surface area contributed by atoms with E-state index in [0.717, 1.165) is 19.1 Å². The van der Waals surface area contributed by atoms with Crippen LogP contribution in [-0.4, -0.2) is 30.8 Å². The van der Waals surface area contributed by atoms with E-state index in [0.29, 0.717) is 16.9 Å². The molecule has 1 fully saturated rings. The highest BCUT2D eigenvalue weighted by molar-refractivity contribution is 5.85. The molecule has 26 heavy (non-hydrogen) atoms. The molecule has 1 amide bonds. The van der Waals surface area contributed by atoms with Gasteiger partial charge in [0.25, 0.3) is 5.91 Å². The number of ether oxygens (including phenoxy) is 2. The highest BCUT2D eigenvalue weighted by atomic mass is 16.6. The van der Waals surface area contributed by atoms with Crippen LogP contribution in [0.1, 0.15) is 34.9 Å². The van der Waals surface area contributed by atoms with E-state index in [2.05, 4.69) is 5.32 Å². The van der Waals surface area contributed by atoms with Crippen LogP contribution >= 0.6 is 0 Å². The lowest BCUT2D eigenvalue weighted by Crippen LogP contribution is -2.34. The first-order valence-electron chi connectivity index (χ1n) is 8.38. The molecule has 6 heteroatoms. The van der Waals surface area contributed by atoms with Crippen LogP contribution in [0.4, 0.5) is 0 Å². The zero-order valence-corrected chi connectivity index (χ0v) is 14.1. The molecule has 6 nitrogen and oxygen atoms in total. The molecule has 2 aromatic rings. The zero-order chi connectivity index (χ0) is 18.4. The van der Waals surface area contributed by atoms with Gasteiger partial charge in [-0.05, 0) is 37.1 Å². The summed E-state index contributed by atoms with van der Waals surface area (Å²) in [4.78, 5) is 35.2. The van der Waals surface area contributed by atoms with Crippen LogP contribution in [0.5, 0.6) is 5.75 Å². The lowest BCUT2D eigenvalue weighted by Gasteiger charge is -2.18. The Balaban J connectivity index is 1.60. The molecule has 3 rings (SSSR count). The van der Waals surface area contributed by atoms with Crippen LogP contribution in [-0.2, 0) is 14.3 Å². The van der Waals surface area contributed by atoms with Gasteiger partial charge in [0.15, 0.2) is 6.61 Å². The summed E-state index contributed by atoms with van der Waals surface area (Å²) in [6, 6.07) is 15.4. The molecule has 0 aromatic heterocycles. The van der Waals surface area contributed by atoms with Gasteiger partial charge in [-0.1, -0.05) is 30.3 Å². The Morgan fingerprint density at radius 1 is 1.08 bits per heavy atom. The summed E-state index contributed by atoms with van der Waals surface area (Å²) in [5, 5.41) is 2.85. The van der Waals surface area contributed by atoms with Crippen LogP contribution in [0.25, 0.3) is 0 Å². The largest absolute Gasteiger partial charge is 0.482 e. The van der Waals surface area contributed by atoms with Crippen molar-refractivity contribution in [2.45, 2.75) is 25.0 Å². The number of benzene rings is 2. The van der Waals surface area contributed by atoms with Gasteiger partial charge < -0.3 is 14.8 Å². The zero-order valence-electron chi connectivity index (χ0n) is 14.1. The first-order chi connectivity index (χ1) is 12.7. The third-order valence-corrected chi connectivity index (χ3v) is 3.89. The maximum Gasteiger partial charge on any atom is 0.345 e. The van der Waals surface area contributed by atoms with Gasteiger partial charge in [0.05, 0.1) is 0 Å². The van der Waals surface area contributed by atoms with Crippen LogP contribution in [0.2, 0.25) is 0 Å². The lowest BCUT2D eigenvalue weighted by molar-refractivity contribution is -0.158. The topological polar surface area (TPSA) is 81.7 Å². The Hall–Kier alpha value is -3.15. The average Bonchev–Trinajstić information content (AvgIpc) is 3.49. The van der Waals surface area contributed by atoms with Crippen molar-refractivity contribution in [3.8, 4) is 5.75 Å². The molecule has 0 saturated heterocycles. The molecule has 0 unspecified atom stereocenters. The van der Waals surface area contributed by atoms with Gasteiger partial charge in [-0.15, -0.1) is 0 Å². The quantitative estimate of drug-likeness (QED) is 0.582. The summed E-state index contributed by atoms with van der Waals surface area (Å²) in [6.07, 6.45) is 1.61. The number of carbonyl (C=O) groups is 3. The van der Waals surface area contributed by atoms with Crippen molar-refractivity contribution >= 4 is 18.2 Å². The van der Waals surface area contributed by atoms with Crippen molar-refractivity contribution in [3.05, 3.63) is 65.7 Å². The molecular weight excluding hydrogens is 334 g/mol. The number of carbonyl (C=O) groups excluding carboxylic acids is 3. The molecule has 1 saturated carbocycles. The van der Waals surface area contributed by atoms with Gasteiger partial charge in [0, 0.05) is 17.2 Å². The van der Waals surface area contributed by atoms with Crippen molar-refractivity contribution < 1.29 is 23.9 Å². The molecule has 134 valence electrons. The maximum absolute atomic E-state index is 12.4. The molecule has 1 aliphatic carbocycles. The Kier molecular flexibility index (Phi) is 5.63. The number of esters is 1. The number of amides is 1. The summed E-state index contributed by atoms with van der Waals surface area (Å²) in [6.45, 7) is -0.333. The third-order valence-electron chi connectivity index (χ3n) is 3.89. The average molecular weight is 353 g/mol. The molecule has 0 radical (unpaired) electrons. The fourth-order valence-electron chi connectivity index (χ4n) is 2.36. The molecule has 0 aliphatic heterocycles. The van der Waals surface area contributed by atoms with Gasteiger partial charge in [-0.2, -0.15) is 0 Å². The standard InChI is InChI=1S/C20H19NO5/c22-12-14-6-10-17(11-7-14)25-13-18(23)26-19(15-4-2-1-3-5-15)20(24)21-16-8-9-16/h1-7,10-12,16,19H,8-9,13H2,(H,21,24)/t19-/m1/s1. The number of nitrogens with one attached hydrogen (secondary N) is 1. The molecule has 1 N–H and O–H groups in total. The predicted molar refractivity (Wildman–Crippen MR) is 93.8 cm³/mol. The summed E-state index contributed by atoms with van der Waals surface area (Å²) in [5.74, 6) is -0.544. The van der Waals surface area contributed by atoms with E-state index >= 15 is 0 Å². The minimum absolute atomic E-state index is 0.167. The van der Waals surface area contributed by atoms with Gasteiger partial charge in [0.1, 0.15) is 12.0 Å². The van der Waals surface area contributed by atoms with E-state index in [1.165, 1.54) is 0 Å². The second kappa shape index (κ2) is 8.29. The molecular formula is C20H19NO5.